The summed E-state index contributed by atoms with van der Waals surface area (Å²) in [4.78, 5) is 23.4. The number of hydrogen-bond donors (Lipinski definition) is 2. The van der Waals surface area contributed by atoms with Gasteiger partial charge in [-0.3, -0.25) is 19.5 Å². The van der Waals surface area contributed by atoms with Crippen LogP contribution in [0.2, 0.25) is 0 Å². The molecule has 1 atom stereocenters. The number of rotatable bonds is 8. The zero-order valence-electron chi connectivity index (χ0n) is 19.0. The van der Waals surface area contributed by atoms with Crippen molar-refractivity contribution >= 4 is 11.6 Å². The maximum Gasteiger partial charge on any atom is 0.277 e. The van der Waals surface area contributed by atoms with E-state index >= 15 is 0 Å². The van der Waals surface area contributed by atoms with Gasteiger partial charge in [-0.25, -0.2) is 9.37 Å². The Balaban J connectivity index is 1.20. The summed E-state index contributed by atoms with van der Waals surface area (Å²) in [6.45, 7) is 10.1. The highest BCUT2D eigenvalue weighted by Crippen LogP contribution is 2.15. The summed E-state index contributed by atoms with van der Waals surface area (Å²) >= 11 is 0. The number of nitrogens with zero attached hydrogens (tertiary/aromatic N) is 4. The first-order valence-electron chi connectivity index (χ1n) is 11.4. The van der Waals surface area contributed by atoms with Crippen molar-refractivity contribution in [1.29, 1.82) is 0 Å². The lowest BCUT2D eigenvalue weighted by Gasteiger charge is -2.36. The van der Waals surface area contributed by atoms with Gasteiger partial charge in [-0.1, -0.05) is 6.07 Å². The Morgan fingerprint density at radius 1 is 1.12 bits per heavy atom. The fourth-order valence-electron chi connectivity index (χ4n) is 4.11. The van der Waals surface area contributed by atoms with Gasteiger partial charge in [0.05, 0.1) is 25.9 Å². The highest BCUT2D eigenvalue weighted by atomic mass is 19.1. The van der Waals surface area contributed by atoms with Gasteiger partial charge in [0, 0.05) is 58.0 Å². The maximum absolute atomic E-state index is 13.7. The van der Waals surface area contributed by atoms with E-state index in [-0.39, 0.29) is 17.6 Å². The molecule has 2 aromatic rings. The molecule has 0 aliphatic carbocycles. The molecule has 0 saturated carbocycles. The first kappa shape index (κ1) is 23.8. The molecule has 180 valence electrons. The number of β-amino-alcohol motifs (C(OH)–C–C–N with tert-alkyl or cyclic N) is 1. The topological polar surface area (TPSA) is 94.3 Å². The van der Waals surface area contributed by atoms with Gasteiger partial charge in [-0.2, -0.15) is 0 Å². The average molecular weight is 462 g/mol. The van der Waals surface area contributed by atoms with Gasteiger partial charge in [-0.15, -0.1) is 0 Å². The number of oxazole rings is 1. The van der Waals surface area contributed by atoms with Crippen LogP contribution in [0, 0.1) is 12.7 Å². The van der Waals surface area contributed by atoms with Crippen molar-refractivity contribution in [3.63, 3.8) is 0 Å². The van der Waals surface area contributed by atoms with Crippen LogP contribution in [-0.4, -0.2) is 102 Å². The van der Waals surface area contributed by atoms with E-state index in [2.05, 4.69) is 25.0 Å². The molecule has 0 bridgehead atoms. The summed E-state index contributed by atoms with van der Waals surface area (Å²) < 4.78 is 24.5. The van der Waals surface area contributed by atoms with E-state index in [9.17, 15) is 14.3 Å². The molecule has 3 heterocycles. The molecule has 2 fully saturated rings. The lowest BCUT2D eigenvalue weighted by atomic mass is 10.2. The molecule has 2 N–H and O–H groups in total. The Hall–Kier alpha value is -2.37. The van der Waals surface area contributed by atoms with Crippen molar-refractivity contribution in [3.05, 3.63) is 47.4 Å². The minimum absolute atomic E-state index is 0.163. The van der Waals surface area contributed by atoms with E-state index in [1.165, 1.54) is 12.3 Å². The van der Waals surface area contributed by atoms with E-state index in [4.69, 9.17) is 9.15 Å². The summed E-state index contributed by atoms with van der Waals surface area (Å²) in [5, 5.41) is 13.1. The lowest BCUT2D eigenvalue weighted by Crippen LogP contribution is -2.50. The van der Waals surface area contributed by atoms with Gasteiger partial charge >= 0.3 is 0 Å². The third-order valence-corrected chi connectivity index (χ3v) is 6.08. The number of carbonyl (C=O) groups is 1. The van der Waals surface area contributed by atoms with Crippen LogP contribution in [0.25, 0.3) is 0 Å². The molecule has 2 aliphatic heterocycles. The second kappa shape index (κ2) is 11.2. The molecule has 4 rings (SSSR count). The molecule has 1 aromatic heterocycles. The molecule has 1 aromatic carbocycles. The van der Waals surface area contributed by atoms with Crippen LogP contribution in [0.4, 0.5) is 10.1 Å². The van der Waals surface area contributed by atoms with E-state index in [0.29, 0.717) is 36.8 Å². The Morgan fingerprint density at radius 3 is 2.48 bits per heavy atom. The summed E-state index contributed by atoms with van der Waals surface area (Å²) in [5.41, 5.74) is 1.05. The molecule has 9 nitrogen and oxygen atoms in total. The molecule has 0 unspecified atom stereocenters. The van der Waals surface area contributed by atoms with Gasteiger partial charge in [-0.05, 0) is 24.6 Å². The fourth-order valence-corrected chi connectivity index (χ4v) is 4.11. The highest BCUT2D eigenvalue weighted by Gasteiger charge is 2.23. The van der Waals surface area contributed by atoms with Crippen molar-refractivity contribution in [2.45, 2.75) is 19.6 Å². The van der Waals surface area contributed by atoms with E-state index in [0.717, 1.165) is 52.5 Å². The second-order valence-electron chi connectivity index (χ2n) is 8.69. The Bertz CT molecular complexity index is 925. The number of aromatic nitrogens is 1. The maximum atomic E-state index is 13.7. The van der Waals surface area contributed by atoms with Crippen LogP contribution < -0.4 is 5.32 Å². The van der Waals surface area contributed by atoms with Gasteiger partial charge in [0.1, 0.15) is 12.1 Å². The Morgan fingerprint density at radius 2 is 1.79 bits per heavy atom. The molecule has 33 heavy (non-hydrogen) atoms. The predicted molar refractivity (Wildman–Crippen MR) is 121 cm³/mol. The monoisotopic (exact) mass is 461 g/mol. The molecule has 0 spiro atoms. The predicted octanol–water partition coefficient (Wildman–Crippen LogP) is 1.19. The number of hydrogen-bond acceptors (Lipinski definition) is 8. The fraction of sp³-hybridized carbons (Fsp3) is 0.565. The van der Waals surface area contributed by atoms with E-state index < -0.39 is 5.91 Å². The normalized spacial score (nSPS) is 19.5. The summed E-state index contributed by atoms with van der Waals surface area (Å²) in [7, 11) is 0. The number of aryl methyl sites for hydroxylation is 1. The van der Waals surface area contributed by atoms with Crippen molar-refractivity contribution in [1.82, 2.24) is 19.7 Å². The van der Waals surface area contributed by atoms with Gasteiger partial charge in [0.2, 0.25) is 5.89 Å². The van der Waals surface area contributed by atoms with Crippen LogP contribution in [0.3, 0.4) is 0 Å². The summed E-state index contributed by atoms with van der Waals surface area (Å²) in [6, 6.07) is 4.54. The first-order valence-corrected chi connectivity index (χ1v) is 11.4. The number of nitrogens with one attached hydrogen (secondary N) is 1. The van der Waals surface area contributed by atoms with Crippen molar-refractivity contribution in [3.8, 4) is 0 Å². The zero-order valence-corrected chi connectivity index (χ0v) is 19.0. The lowest BCUT2D eigenvalue weighted by molar-refractivity contribution is 0.00187. The Labute approximate surface area is 193 Å². The first-order chi connectivity index (χ1) is 16.0. The van der Waals surface area contributed by atoms with Crippen molar-refractivity contribution in [2.75, 3.05) is 70.9 Å². The largest absolute Gasteiger partial charge is 0.447 e. The summed E-state index contributed by atoms with van der Waals surface area (Å²) in [5.74, 6) is -0.343. The molecular weight excluding hydrogens is 429 g/mol. The highest BCUT2D eigenvalue weighted by molar-refractivity contribution is 6.02. The molecular formula is C23H32FN5O4. The standard InChI is InChI=1S/C23H32FN5O4/c1-17-2-3-18(12-20(17)24)25-23(31)21-16-33-22(26-21)15-28-6-4-27(5-7-28)13-19(30)14-29-8-10-32-11-9-29/h2-3,12,16,19,30H,4-11,13-15H2,1H3,(H,25,31)/t19-/m1/s1. The second-order valence-corrected chi connectivity index (χ2v) is 8.69. The molecule has 1 amide bonds. The van der Waals surface area contributed by atoms with Gasteiger partial charge in [0.25, 0.3) is 5.91 Å². The number of ether oxygens (including phenoxy) is 1. The van der Waals surface area contributed by atoms with E-state index in [1.54, 1.807) is 19.1 Å². The van der Waals surface area contributed by atoms with Gasteiger partial charge in [0.15, 0.2) is 5.69 Å². The molecule has 0 radical (unpaired) electrons. The number of piperazine rings is 1. The van der Waals surface area contributed by atoms with E-state index in [1.807, 2.05) is 0 Å². The van der Waals surface area contributed by atoms with Gasteiger partial charge < -0.3 is 19.6 Å². The number of anilines is 1. The summed E-state index contributed by atoms with van der Waals surface area (Å²) in [6.07, 6.45) is 0.956. The number of morpholine rings is 1. The number of amides is 1. The van der Waals surface area contributed by atoms with Crippen molar-refractivity contribution in [2.24, 2.45) is 0 Å². The Kier molecular flexibility index (Phi) is 8.05. The number of aliphatic hydroxyl groups excluding tert-OH is 1. The quantitative estimate of drug-likeness (QED) is 0.606. The number of aliphatic hydroxyl groups is 1. The van der Waals surface area contributed by atoms with Crippen LogP contribution in [0.1, 0.15) is 21.9 Å². The van der Waals surface area contributed by atoms with Crippen molar-refractivity contribution < 1.29 is 23.4 Å². The number of benzene rings is 1. The molecule has 2 saturated heterocycles. The van der Waals surface area contributed by atoms with Crippen LogP contribution in [0.5, 0.6) is 0 Å². The zero-order chi connectivity index (χ0) is 23.2. The van der Waals surface area contributed by atoms with Crippen LogP contribution in [-0.2, 0) is 11.3 Å². The smallest absolute Gasteiger partial charge is 0.277 e. The third kappa shape index (κ3) is 6.81. The van der Waals surface area contributed by atoms with Crippen LogP contribution >= 0.6 is 0 Å². The minimum Gasteiger partial charge on any atom is -0.447 e. The SMILES string of the molecule is Cc1ccc(NC(=O)c2coc(CN3CCN(C[C@@H](O)CN4CCOCC4)CC3)n2)cc1F. The number of halogens is 1. The minimum atomic E-state index is -0.438. The average Bonchev–Trinajstić information content (AvgIpc) is 3.27. The van der Waals surface area contributed by atoms with Crippen LogP contribution in [0.15, 0.2) is 28.9 Å². The number of carbonyl (C=O) groups excluding carboxylic acids is 1. The molecule has 10 heteroatoms. The molecule has 2 aliphatic rings. The third-order valence-electron chi connectivity index (χ3n) is 6.08.